The zero-order chi connectivity index (χ0) is 11.2. The van der Waals surface area contributed by atoms with Crippen LogP contribution in [0.4, 0.5) is 0 Å². The van der Waals surface area contributed by atoms with Gasteiger partial charge in [0.15, 0.2) is 5.65 Å². The van der Waals surface area contributed by atoms with E-state index in [1.54, 1.807) is 6.20 Å². The lowest BCUT2D eigenvalue weighted by Gasteiger charge is -2.20. The summed E-state index contributed by atoms with van der Waals surface area (Å²) in [4.78, 5) is 4.46. The first-order valence-corrected chi connectivity index (χ1v) is 5.70. The predicted molar refractivity (Wildman–Crippen MR) is 64.1 cm³/mol. The minimum atomic E-state index is 0.0669. The van der Waals surface area contributed by atoms with Crippen molar-refractivity contribution in [3.8, 4) is 0 Å². The van der Waals surface area contributed by atoms with E-state index in [9.17, 15) is 0 Å². The average molecular weight is 268 g/mol. The Morgan fingerprint density at radius 2 is 2.00 bits per heavy atom. The second-order valence-corrected chi connectivity index (χ2v) is 5.62. The number of nitrogens with zero attached hydrogens (tertiary/aromatic N) is 3. The highest BCUT2D eigenvalue weighted by Gasteiger charge is 2.19. The van der Waals surface area contributed by atoms with Crippen LogP contribution in [0.1, 0.15) is 32.2 Å². The summed E-state index contributed by atoms with van der Waals surface area (Å²) in [5.74, 6) is 0. The van der Waals surface area contributed by atoms with Crippen molar-refractivity contribution in [1.29, 1.82) is 0 Å². The third-order valence-corrected chi connectivity index (χ3v) is 2.88. The number of aryl methyl sites for hydroxylation is 1. The maximum absolute atomic E-state index is 4.46. The fraction of sp³-hybridized carbons (Fsp3) is 0.455. The summed E-state index contributed by atoms with van der Waals surface area (Å²) >= 11 is 3.46. The van der Waals surface area contributed by atoms with Gasteiger partial charge in [-0.05, 0) is 28.9 Å². The largest absolute Gasteiger partial charge is 0.233 e. The van der Waals surface area contributed by atoms with Crippen molar-refractivity contribution in [3.05, 3.63) is 28.1 Å². The van der Waals surface area contributed by atoms with E-state index in [2.05, 4.69) is 52.9 Å². The van der Waals surface area contributed by atoms with Gasteiger partial charge in [-0.15, -0.1) is 0 Å². The second kappa shape index (κ2) is 3.30. The van der Waals surface area contributed by atoms with Crippen molar-refractivity contribution in [2.24, 2.45) is 0 Å². The first-order chi connectivity index (χ1) is 6.89. The van der Waals surface area contributed by atoms with Crippen LogP contribution in [0.25, 0.3) is 5.65 Å². The topological polar surface area (TPSA) is 30.2 Å². The van der Waals surface area contributed by atoms with Crippen LogP contribution >= 0.6 is 15.9 Å². The number of hydrogen-bond acceptors (Lipinski definition) is 2. The molecule has 0 N–H and O–H groups in total. The third kappa shape index (κ3) is 1.78. The van der Waals surface area contributed by atoms with Gasteiger partial charge >= 0.3 is 0 Å². The molecule has 3 nitrogen and oxygen atoms in total. The number of fused-ring (bicyclic) bond motifs is 1. The molecule has 0 amide bonds. The normalized spacial score (nSPS) is 12.3. The maximum atomic E-state index is 4.46. The quantitative estimate of drug-likeness (QED) is 0.735. The van der Waals surface area contributed by atoms with Crippen LogP contribution in [0.3, 0.4) is 0 Å². The summed E-state index contributed by atoms with van der Waals surface area (Å²) in [7, 11) is 0. The van der Waals surface area contributed by atoms with Gasteiger partial charge in [-0.1, -0.05) is 20.8 Å². The SMILES string of the molecule is Cc1cc(C(C)(C)C)n2ncc(Br)c2n1. The van der Waals surface area contributed by atoms with Gasteiger partial charge in [0.1, 0.15) is 0 Å². The van der Waals surface area contributed by atoms with Gasteiger partial charge in [-0.25, -0.2) is 9.50 Å². The smallest absolute Gasteiger partial charge is 0.169 e. The molecule has 2 aromatic heterocycles. The van der Waals surface area contributed by atoms with Crippen LogP contribution in [-0.2, 0) is 5.41 Å². The molecule has 2 aromatic rings. The molecule has 0 unspecified atom stereocenters. The molecular formula is C11H14BrN3. The molecule has 0 fully saturated rings. The van der Waals surface area contributed by atoms with Crippen LogP contribution in [0.2, 0.25) is 0 Å². The molecule has 0 aliphatic heterocycles. The van der Waals surface area contributed by atoms with Crippen LogP contribution in [0.5, 0.6) is 0 Å². The highest BCUT2D eigenvalue weighted by Crippen LogP contribution is 2.25. The molecule has 0 spiro atoms. The van der Waals surface area contributed by atoms with Crippen molar-refractivity contribution < 1.29 is 0 Å². The highest BCUT2D eigenvalue weighted by molar-refractivity contribution is 9.10. The van der Waals surface area contributed by atoms with Crippen LogP contribution in [0.15, 0.2) is 16.7 Å². The van der Waals surface area contributed by atoms with Crippen LogP contribution < -0.4 is 0 Å². The Labute approximate surface area is 97.6 Å². The minimum absolute atomic E-state index is 0.0669. The van der Waals surface area contributed by atoms with Crippen molar-refractivity contribution in [2.45, 2.75) is 33.1 Å². The van der Waals surface area contributed by atoms with E-state index in [-0.39, 0.29) is 5.41 Å². The van der Waals surface area contributed by atoms with Crippen LogP contribution in [0, 0.1) is 6.92 Å². The second-order valence-electron chi connectivity index (χ2n) is 4.76. The van der Waals surface area contributed by atoms with Gasteiger partial charge in [0.25, 0.3) is 0 Å². The van der Waals surface area contributed by atoms with E-state index in [0.717, 1.165) is 15.8 Å². The standard InChI is InChI=1S/C11H14BrN3/c1-7-5-9(11(2,3)4)15-10(14-7)8(12)6-13-15/h5-6H,1-4H3. The summed E-state index contributed by atoms with van der Waals surface area (Å²) in [6.07, 6.45) is 1.79. The Balaban J connectivity index is 2.84. The third-order valence-electron chi connectivity index (χ3n) is 2.33. The molecule has 80 valence electrons. The fourth-order valence-electron chi connectivity index (χ4n) is 1.59. The maximum Gasteiger partial charge on any atom is 0.169 e. The summed E-state index contributed by atoms with van der Waals surface area (Å²) in [5, 5.41) is 4.33. The fourth-order valence-corrected chi connectivity index (χ4v) is 1.94. The molecule has 15 heavy (non-hydrogen) atoms. The lowest BCUT2D eigenvalue weighted by molar-refractivity contribution is 0.545. The van der Waals surface area contributed by atoms with Crippen molar-refractivity contribution in [1.82, 2.24) is 14.6 Å². The summed E-state index contributed by atoms with van der Waals surface area (Å²) in [6, 6.07) is 2.09. The molecule has 0 radical (unpaired) electrons. The van der Waals surface area contributed by atoms with E-state index in [1.165, 1.54) is 5.69 Å². The van der Waals surface area contributed by atoms with E-state index in [0.29, 0.717) is 0 Å². The molecule has 0 saturated carbocycles. The number of aromatic nitrogens is 3. The summed E-state index contributed by atoms with van der Waals surface area (Å²) in [6.45, 7) is 8.54. The Bertz CT molecular complexity index is 508. The van der Waals surface area contributed by atoms with Crippen molar-refractivity contribution in [3.63, 3.8) is 0 Å². The van der Waals surface area contributed by atoms with Gasteiger partial charge in [0.05, 0.1) is 16.4 Å². The molecule has 0 aliphatic rings. The molecule has 0 saturated heterocycles. The molecule has 0 aliphatic carbocycles. The Hall–Kier alpha value is -0.900. The lowest BCUT2D eigenvalue weighted by atomic mass is 9.91. The van der Waals surface area contributed by atoms with Crippen molar-refractivity contribution in [2.75, 3.05) is 0 Å². The average Bonchev–Trinajstić information content (AvgIpc) is 2.45. The van der Waals surface area contributed by atoms with E-state index < -0.39 is 0 Å². The minimum Gasteiger partial charge on any atom is -0.233 e. The van der Waals surface area contributed by atoms with Gasteiger partial charge in [-0.3, -0.25) is 0 Å². The van der Waals surface area contributed by atoms with Gasteiger partial charge in [0, 0.05) is 11.1 Å². The van der Waals surface area contributed by atoms with Gasteiger partial charge < -0.3 is 0 Å². The molecule has 2 rings (SSSR count). The zero-order valence-corrected chi connectivity index (χ0v) is 11.0. The molecule has 0 bridgehead atoms. The monoisotopic (exact) mass is 267 g/mol. The number of hydrogen-bond donors (Lipinski definition) is 0. The first kappa shape index (κ1) is 10.6. The van der Waals surface area contributed by atoms with Crippen molar-refractivity contribution >= 4 is 21.6 Å². The van der Waals surface area contributed by atoms with Crippen LogP contribution in [-0.4, -0.2) is 14.6 Å². The Kier molecular flexibility index (Phi) is 2.34. The van der Waals surface area contributed by atoms with E-state index in [4.69, 9.17) is 0 Å². The highest BCUT2D eigenvalue weighted by atomic mass is 79.9. The number of rotatable bonds is 0. The Morgan fingerprint density at radius 3 is 2.60 bits per heavy atom. The summed E-state index contributed by atoms with van der Waals surface area (Å²) < 4.78 is 2.84. The first-order valence-electron chi connectivity index (χ1n) is 4.91. The molecular weight excluding hydrogens is 254 g/mol. The molecule has 0 aromatic carbocycles. The molecule has 0 atom stereocenters. The van der Waals surface area contributed by atoms with Gasteiger partial charge in [0.2, 0.25) is 0 Å². The Morgan fingerprint density at radius 1 is 1.33 bits per heavy atom. The lowest BCUT2D eigenvalue weighted by Crippen LogP contribution is -2.17. The zero-order valence-electron chi connectivity index (χ0n) is 9.37. The number of halogens is 1. The van der Waals surface area contributed by atoms with E-state index >= 15 is 0 Å². The molecule has 4 heteroatoms. The predicted octanol–water partition coefficient (Wildman–Crippen LogP) is 3.10. The summed E-state index contributed by atoms with van der Waals surface area (Å²) in [5.41, 5.74) is 3.15. The van der Waals surface area contributed by atoms with E-state index in [1.807, 2.05) is 11.4 Å². The molecule has 2 heterocycles. The van der Waals surface area contributed by atoms with Gasteiger partial charge in [-0.2, -0.15) is 5.10 Å².